The molecule has 0 radical (unpaired) electrons. The molecule has 6 nitrogen and oxygen atoms in total. The van der Waals surface area contributed by atoms with E-state index in [1.165, 1.54) is 17.1 Å². The number of hydrogen-bond acceptors (Lipinski definition) is 5. The highest BCUT2D eigenvalue weighted by Gasteiger charge is 2.25. The largest absolute Gasteiger partial charge is 0.490 e. The lowest BCUT2D eigenvalue weighted by molar-refractivity contribution is 0.297. The van der Waals surface area contributed by atoms with Crippen LogP contribution in [0.2, 0.25) is 0 Å². The van der Waals surface area contributed by atoms with Gasteiger partial charge in [0.05, 0.1) is 18.1 Å². The number of ether oxygens (including phenoxy) is 2. The molecule has 0 aromatic heterocycles. The van der Waals surface area contributed by atoms with Crippen molar-refractivity contribution in [2.45, 2.75) is 30.7 Å². The molecule has 0 spiro atoms. The SMILES string of the molecule is CN(Cc1ccccc1N1CCCC1)S(=O)(=O)c1ccc2c(c1)OCCCO2. The summed E-state index contributed by atoms with van der Waals surface area (Å²) in [6, 6.07) is 12.9. The van der Waals surface area contributed by atoms with Crippen molar-refractivity contribution in [2.24, 2.45) is 0 Å². The molecule has 7 heteroatoms. The summed E-state index contributed by atoms with van der Waals surface area (Å²) in [5.74, 6) is 1.09. The first kappa shape index (κ1) is 19.1. The summed E-state index contributed by atoms with van der Waals surface area (Å²) < 4.78 is 39.0. The van der Waals surface area contributed by atoms with Gasteiger partial charge < -0.3 is 14.4 Å². The highest BCUT2D eigenvalue weighted by molar-refractivity contribution is 7.89. The summed E-state index contributed by atoms with van der Waals surface area (Å²) in [6.07, 6.45) is 3.14. The Morgan fingerprint density at radius 1 is 0.964 bits per heavy atom. The molecule has 0 bridgehead atoms. The molecule has 1 saturated heterocycles. The van der Waals surface area contributed by atoms with E-state index in [9.17, 15) is 8.42 Å². The van der Waals surface area contributed by atoms with Crippen molar-refractivity contribution in [1.82, 2.24) is 4.31 Å². The van der Waals surface area contributed by atoms with Gasteiger partial charge in [0, 0.05) is 44.9 Å². The lowest BCUT2D eigenvalue weighted by atomic mass is 10.1. The van der Waals surface area contributed by atoms with Crippen LogP contribution in [-0.2, 0) is 16.6 Å². The van der Waals surface area contributed by atoms with Crippen LogP contribution in [0.4, 0.5) is 5.69 Å². The third kappa shape index (κ3) is 3.82. The maximum atomic E-state index is 13.2. The second kappa shape index (κ2) is 8.01. The standard InChI is InChI=1S/C21H26N2O4S/c1-22(16-17-7-2-3-8-19(17)23-11-4-5-12-23)28(24,25)18-9-10-20-21(15-18)27-14-6-13-26-20/h2-3,7-10,15H,4-6,11-14,16H2,1H3. The molecule has 2 heterocycles. The van der Waals surface area contributed by atoms with Crippen LogP contribution >= 0.6 is 0 Å². The van der Waals surface area contributed by atoms with E-state index in [0.29, 0.717) is 31.3 Å². The van der Waals surface area contributed by atoms with Crippen molar-refractivity contribution >= 4 is 15.7 Å². The summed E-state index contributed by atoms with van der Waals surface area (Å²) >= 11 is 0. The molecule has 2 aliphatic heterocycles. The van der Waals surface area contributed by atoms with E-state index < -0.39 is 10.0 Å². The first-order chi connectivity index (χ1) is 13.6. The van der Waals surface area contributed by atoms with Gasteiger partial charge in [-0.2, -0.15) is 4.31 Å². The van der Waals surface area contributed by atoms with Crippen molar-refractivity contribution < 1.29 is 17.9 Å². The monoisotopic (exact) mass is 402 g/mol. The number of hydrogen-bond donors (Lipinski definition) is 0. The Kier molecular flexibility index (Phi) is 5.46. The molecule has 4 rings (SSSR count). The number of sulfonamides is 1. The van der Waals surface area contributed by atoms with Crippen molar-refractivity contribution in [3.63, 3.8) is 0 Å². The molecule has 0 saturated carbocycles. The van der Waals surface area contributed by atoms with Gasteiger partial charge in [0.15, 0.2) is 11.5 Å². The van der Waals surface area contributed by atoms with Crippen LogP contribution in [-0.4, -0.2) is 46.1 Å². The van der Waals surface area contributed by atoms with Crippen molar-refractivity contribution in [2.75, 3.05) is 38.3 Å². The van der Waals surface area contributed by atoms with E-state index in [2.05, 4.69) is 11.0 Å². The molecule has 1 fully saturated rings. The third-order valence-corrected chi connectivity index (χ3v) is 7.06. The van der Waals surface area contributed by atoms with Gasteiger partial charge >= 0.3 is 0 Å². The zero-order valence-electron chi connectivity index (χ0n) is 16.1. The summed E-state index contributed by atoms with van der Waals surface area (Å²) in [7, 11) is -2.02. The Morgan fingerprint density at radius 2 is 1.68 bits per heavy atom. The minimum atomic E-state index is -3.64. The van der Waals surface area contributed by atoms with Crippen LogP contribution < -0.4 is 14.4 Å². The van der Waals surface area contributed by atoms with Gasteiger partial charge in [0.25, 0.3) is 0 Å². The van der Waals surface area contributed by atoms with Gasteiger partial charge in [-0.15, -0.1) is 0 Å². The predicted molar refractivity (Wildman–Crippen MR) is 109 cm³/mol. The fourth-order valence-electron chi connectivity index (χ4n) is 3.72. The second-order valence-electron chi connectivity index (χ2n) is 7.24. The van der Waals surface area contributed by atoms with E-state index in [1.807, 2.05) is 18.2 Å². The quantitative estimate of drug-likeness (QED) is 0.768. The topological polar surface area (TPSA) is 59.1 Å². The predicted octanol–water partition coefficient (Wildman–Crippen LogP) is 3.27. The van der Waals surface area contributed by atoms with Crippen LogP contribution in [0.25, 0.3) is 0 Å². The van der Waals surface area contributed by atoms with Gasteiger partial charge in [-0.05, 0) is 36.6 Å². The fourth-order valence-corrected chi connectivity index (χ4v) is 4.88. The summed E-state index contributed by atoms with van der Waals surface area (Å²) in [5, 5.41) is 0. The minimum absolute atomic E-state index is 0.220. The number of para-hydroxylation sites is 1. The van der Waals surface area contributed by atoms with Crippen LogP contribution in [0, 0.1) is 0 Å². The zero-order valence-corrected chi connectivity index (χ0v) is 17.0. The van der Waals surface area contributed by atoms with Crippen LogP contribution in [0.5, 0.6) is 11.5 Å². The number of rotatable bonds is 5. The number of nitrogens with zero attached hydrogens (tertiary/aromatic N) is 2. The number of anilines is 1. The molecule has 28 heavy (non-hydrogen) atoms. The number of fused-ring (bicyclic) bond motifs is 1. The average Bonchev–Trinajstić information content (AvgIpc) is 3.13. The van der Waals surface area contributed by atoms with Gasteiger partial charge in [0.1, 0.15) is 0 Å². The maximum absolute atomic E-state index is 13.2. The van der Waals surface area contributed by atoms with Crippen LogP contribution in [0.3, 0.4) is 0 Å². The molecule has 0 aliphatic carbocycles. The molecule has 0 N–H and O–H groups in total. The highest BCUT2D eigenvalue weighted by Crippen LogP contribution is 2.33. The van der Waals surface area contributed by atoms with Crippen molar-refractivity contribution in [3.05, 3.63) is 48.0 Å². The number of benzene rings is 2. The van der Waals surface area contributed by atoms with Crippen LogP contribution in [0.15, 0.2) is 47.4 Å². The first-order valence-electron chi connectivity index (χ1n) is 9.74. The van der Waals surface area contributed by atoms with Crippen molar-refractivity contribution in [3.8, 4) is 11.5 Å². The van der Waals surface area contributed by atoms with Gasteiger partial charge in [0.2, 0.25) is 10.0 Å². The van der Waals surface area contributed by atoms with E-state index in [4.69, 9.17) is 9.47 Å². The summed E-state index contributed by atoms with van der Waals surface area (Å²) in [6.45, 7) is 3.47. The Balaban J connectivity index is 1.58. The van der Waals surface area contributed by atoms with E-state index >= 15 is 0 Å². The Hall–Kier alpha value is -2.25. The normalized spacial score (nSPS) is 17.0. The lowest BCUT2D eigenvalue weighted by Gasteiger charge is -2.24. The molecule has 0 atom stereocenters. The maximum Gasteiger partial charge on any atom is 0.243 e. The molecule has 2 aromatic carbocycles. The molecule has 0 amide bonds. The summed E-state index contributed by atoms with van der Waals surface area (Å²) in [4.78, 5) is 2.56. The smallest absolute Gasteiger partial charge is 0.243 e. The molecule has 150 valence electrons. The van der Waals surface area contributed by atoms with Crippen LogP contribution in [0.1, 0.15) is 24.8 Å². The summed E-state index contributed by atoms with van der Waals surface area (Å²) in [5.41, 5.74) is 2.14. The highest BCUT2D eigenvalue weighted by atomic mass is 32.2. The molecule has 2 aliphatic rings. The fraction of sp³-hybridized carbons (Fsp3) is 0.429. The van der Waals surface area contributed by atoms with Gasteiger partial charge in [-0.1, -0.05) is 18.2 Å². The first-order valence-corrected chi connectivity index (χ1v) is 11.2. The van der Waals surface area contributed by atoms with E-state index in [-0.39, 0.29) is 4.90 Å². The Morgan fingerprint density at radius 3 is 2.46 bits per heavy atom. The second-order valence-corrected chi connectivity index (χ2v) is 9.29. The Labute approximate surface area is 166 Å². The molecule has 0 unspecified atom stereocenters. The average molecular weight is 403 g/mol. The van der Waals surface area contributed by atoms with Gasteiger partial charge in [-0.25, -0.2) is 8.42 Å². The van der Waals surface area contributed by atoms with Gasteiger partial charge in [-0.3, -0.25) is 0 Å². The van der Waals surface area contributed by atoms with Crippen molar-refractivity contribution in [1.29, 1.82) is 0 Å². The third-order valence-electron chi connectivity index (χ3n) is 5.26. The Bertz CT molecular complexity index is 939. The molecule has 2 aromatic rings. The molecular weight excluding hydrogens is 376 g/mol. The van der Waals surface area contributed by atoms with E-state index in [0.717, 1.165) is 30.8 Å². The van der Waals surface area contributed by atoms with E-state index in [1.54, 1.807) is 25.2 Å². The molecular formula is C21H26N2O4S. The minimum Gasteiger partial charge on any atom is -0.490 e. The zero-order chi connectivity index (χ0) is 19.6. The lowest BCUT2D eigenvalue weighted by Crippen LogP contribution is -2.28.